The summed E-state index contributed by atoms with van der Waals surface area (Å²) < 4.78 is 70.6. The Morgan fingerprint density at radius 1 is 0.628 bits per heavy atom. The molecule has 0 N–H and O–H groups in total. The molecule has 12 heteroatoms. The Morgan fingerprint density at radius 2 is 1.07 bits per heavy atom. The van der Waals surface area contributed by atoms with Crippen molar-refractivity contribution in [3.8, 4) is 0 Å². The molecule has 1 heterocycles. The minimum atomic E-state index is -4.63. The quantitative estimate of drug-likeness (QED) is 0.102. The third-order valence-electron chi connectivity index (χ3n) is 7.64. The van der Waals surface area contributed by atoms with E-state index in [9.17, 15) is 25.9 Å². The molecule has 3 rings (SSSR count). The van der Waals surface area contributed by atoms with Gasteiger partial charge in [0, 0.05) is 13.0 Å². The standard InChI is InChI=1S/C31H46N2O6S2.2Na/c1-2-3-4-5-6-7-8-9-10-11-12-13-14-15-16-17-31-32-29-23-22-28(41(37,38)39)24-30(29)33(31)25-26-18-20-27(21-19-26)40(34,35)36;;/h18-24H,2-17,25H2,1H3,(H,34,35,36)(H,37,38,39);;/q;2*+1/p-2. The number of aryl methyl sites for hydroxylation is 1. The minimum Gasteiger partial charge on any atom is -0.744 e. The molecular formula is C31H44N2Na2O6S2. The van der Waals surface area contributed by atoms with Gasteiger partial charge in [-0.2, -0.15) is 0 Å². The van der Waals surface area contributed by atoms with E-state index < -0.39 is 20.2 Å². The van der Waals surface area contributed by atoms with Gasteiger partial charge in [0.05, 0.1) is 20.8 Å². The van der Waals surface area contributed by atoms with E-state index in [1.807, 2.05) is 4.57 Å². The van der Waals surface area contributed by atoms with Crippen LogP contribution in [-0.2, 0) is 33.2 Å². The summed E-state index contributed by atoms with van der Waals surface area (Å²) in [5.41, 5.74) is 1.84. The number of unbranched alkanes of at least 4 members (excludes halogenated alkanes) is 14. The molecule has 43 heavy (non-hydrogen) atoms. The van der Waals surface area contributed by atoms with Crippen molar-refractivity contribution < 1.29 is 85.1 Å². The summed E-state index contributed by atoms with van der Waals surface area (Å²) in [6, 6.07) is 9.80. The van der Waals surface area contributed by atoms with Crippen molar-refractivity contribution >= 4 is 31.3 Å². The fraction of sp³-hybridized carbons (Fsp3) is 0.581. The average molecular weight is 651 g/mol. The molecule has 0 aliphatic rings. The predicted molar refractivity (Wildman–Crippen MR) is 160 cm³/mol. The summed E-state index contributed by atoms with van der Waals surface area (Å²) in [6.45, 7) is 2.55. The molecule has 0 fully saturated rings. The van der Waals surface area contributed by atoms with Crippen LogP contribution in [0.3, 0.4) is 0 Å². The Labute approximate surface area is 302 Å². The first-order valence-corrected chi connectivity index (χ1v) is 17.9. The van der Waals surface area contributed by atoms with Gasteiger partial charge < -0.3 is 13.7 Å². The van der Waals surface area contributed by atoms with Crippen molar-refractivity contribution in [3.63, 3.8) is 0 Å². The van der Waals surface area contributed by atoms with Gasteiger partial charge >= 0.3 is 59.1 Å². The molecule has 0 saturated carbocycles. The van der Waals surface area contributed by atoms with Crippen LogP contribution in [0.25, 0.3) is 11.0 Å². The summed E-state index contributed by atoms with van der Waals surface area (Å²) in [5.74, 6) is 0.774. The monoisotopic (exact) mass is 650 g/mol. The maximum atomic E-state index is 11.6. The average Bonchev–Trinajstić information content (AvgIpc) is 3.26. The second-order valence-electron chi connectivity index (χ2n) is 11.0. The molecule has 228 valence electrons. The number of nitrogens with zero attached hydrogens (tertiary/aromatic N) is 2. The van der Waals surface area contributed by atoms with Crippen molar-refractivity contribution in [2.75, 3.05) is 0 Å². The molecule has 0 amide bonds. The third kappa shape index (κ3) is 14.4. The van der Waals surface area contributed by atoms with Crippen LogP contribution in [0.15, 0.2) is 52.3 Å². The van der Waals surface area contributed by atoms with Gasteiger partial charge in [0.2, 0.25) is 0 Å². The molecule has 3 aromatic rings. The van der Waals surface area contributed by atoms with E-state index in [-0.39, 0.29) is 68.9 Å². The summed E-state index contributed by atoms with van der Waals surface area (Å²) in [7, 11) is -9.18. The first-order valence-electron chi connectivity index (χ1n) is 15.1. The molecule has 0 aliphatic carbocycles. The summed E-state index contributed by atoms with van der Waals surface area (Å²) >= 11 is 0. The van der Waals surface area contributed by atoms with E-state index in [0.29, 0.717) is 24.0 Å². The number of hydrogen-bond donors (Lipinski definition) is 0. The number of hydrogen-bond acceptors (Lipinski definition) is 7. The van der Waals surface area contributed by atoms with E-state index in [1.54, 1.807) is 18.2 Å². The molecule has 0 saturated heterocycles. The smallest absolute Gasteiger partial charge is 0.744 e. The van der Waals surface area contributed by atoms with Crippen molar-refractivity contribution in [3.05, 3.63) is 53.9 Å². The minimum absolute atomic E-state index is 0. The van der Waals surface area contributed by atoms with E-state index in [4.69, 9.17) is 4.98 Å². The van der Waals surface area contributed by atoms with Gasteiger partial charge in [-0.05, 0) is 42.3 Å². The molecule has 0 spiro atoms. The van der Waals surface area contributed by atoms with Crippen LogP contribution in [0.1, 0.15) is 115 Å². The van der Waals surface area contributed by atoms with Gasteiger partial charge in [-0.25, -0.2) is 21.8 Å². The molecule has 1 aromatic heterocycles. The second kappa shape index (κ2) is 20.8. The van der Waals surface area contributed by atoms with Crippen LogP contribution in [0.4, 0.5) is 0 Å². The SMILES string of the molecule is CCCCCCCCCCCCCCCCCc1nc2ccc(S(=O)(=O)[O-])cc2n1Cc1ccc(S(=O)(=O)[O-])cc1.[Na+].[Na+]. The molecule has 0 atom stereocenters. The Kier molecular flexibility index (Phi) is 19.7. The largest absolute Gasteiger partial charge is 1.00 e. The number of benzene rings is 2. The molecule has 2 aromatic carbocycles. The maximum Gasteiger partial charge on any atom is 1.00 e. The van der Waals surface area contributed by atoms with Crippen molar-refractivity contribution in [1.82, 2.24) is 9.55 Å². The predicted octanol–water partition coefficient (Wildman–Crippen LogP) is 1.31. The van der Waals surface area contributed by atoms with E-state index in [2.05, 4.69) is 6.92 Å². The molecule has 8 nitrogen and oxygen atoms in total. The van der Waals surface area contributed by atoms with Gasteiger partial charge in [-0.15, -0.1) is 0 Å². The second-order valence-corrected chi connectivity index (χ2v) is 13.8. The van der Waals surface area contributed by atoms with E-state index in [0.717, 1.165) is 30.7 Å². The molecule has 0 bridgehead atoms. The number of imidazole rings is 1. The Balaban J connectivity index is 0.00000462. The molecule has 0 radical (unpaired) electrons. The third-order valence-corrected chi connectivity index (χ3v) is 9.32. The van der Waals surface area contributed by atoms with Crippen LogP contribution in [0.2, 0.25) is 0 Å². The zero-order valence-electron chi connectivity index (χ0n) is 26.2. The Morgan fingerprint density at radius 3 is 1.53 bits per heavy atom. The topological polar surface area (TPSA) is 132 Å². The van der Waals surface area contributed by atoms with Crippen molar-refractivity contribution in [2.45, 2.75) is 126 Å². The zero-order valence-corrected chi connectivity index (χ0v) is 31.9. The first-order chi connectivity index (χ1) is 19.6. The molecule has 0 aliphatic heterocycles. The molecule has 0 unspecified atom stereocenters. The van der Waals surface area contributed by atoms with Crippen molar-refractivity contribution in [1.29, 1.82) is 0 Å². The summed E-state index contributed by atoms with van der Waals surface area (Å²) in [4.78, 5) is 4.08. The van der Waals surface area contributed by atoms with Crippen LogP contribution in [-0.4, -0.2) is 35.5 Å². The van der Waals surface area contributed by atoms with Gasteiger partial charge in [0.1, 0.15) is 26.1 Å². The van der Waals surface area contributed by atoms with Gasteiger partial charge in [0.25, 0.3) is 0 Å². The van der Waals surface area contributed by atoms with Crippen LogP contribution >= 0.6 is 0 Å². The van der Waals surface area contributed by atoms with E-state index >= 15 is 0 Å². The Bertz CT molecular complexity index is 1440. The summed E-state index contributed by atoms with van der Waals surface area (Å²) in [5, 5.41) is 0. The van der Waals surface area contributed by atoms with Crippen LogP contribution < -0.4 is 59.1 Å². The first kappa shape index (κ1) is 40.8. The van der Waals surface area contributed by atoms with Crippen LogP contribution in [0, 0.1) is 0 Å². The van der Waals surface area contributed by atoms with E-state index in [1.165, 1.54) is 101 Å². The van der Waals surface area contributed by atoms with Crippen LogP contribution in [0.5, 0.6) is 0 Å². The van der Waals surface area contributed by atoms with Gasteiger partial charge in [-0.1, -0.05) is 109 Å². The molecular weight excluding hydrogens is 606 g/mol. The normalized spacial score (nSPS) is 11.8. The van der Waals surface area contributed by atoms with Gasteiger partial charge in [0.15, 0.2) is 0 Å². The fourth-order valence-corrected chi connectivity index (χ4v) is 6.23. The number of aromatic nitrogens is 2. The number of rotatable bonds is 20. The van der Waals surface area contributed by atoms with Gasteiger partial charge in [-0.3, -0.25) is 0 Å². The zero-order chi connectivity index (χ0) is 29.7. The maximum absolute atomic E-state index is 11.6. The fourth-order valence-electron chi connectivity index (χ4n) is 5.27. The van der Waals surface area contributed by atoms with Crippen molar-refractivity contribution in [2.24, 2.45) is 0 Å². The Hall–Kier alpha value is -0.270. The number of fused-ring (bicyclic) bond motifs is 1. The summed E-state index contributed by atoms with van der Waals surface area (Å²) in [6.07, 6.45) is 19.8.